The van der Waals surface area contributed by atoms with Gasteiger partial charge in [0.05, 0.1) is 6.10 Å². The number of nitrogens with zero attached hydrogens (tertiary/aromatic N) is 1. The van der Waals surface area contributed by atoms with Gasteiger partial charge in [-0.2, -0.15) is 0 Å². The van der Waals surface area contributed by atoms with Gasteiger partial charge in [0.15, 0.2) is 0 Å². The highest BCUT2D eigenvalue weighted by Gasteiger charge is 2.27. The molecule has 0 spiro atoms. The van der Waals surface area contributed by atoms with E-state index in [1.165, 1.54) is 32.1 Å². The number of ether oxygens (including phenoxy) is 1. The third kappa shape index (κ3) is 3.40. The molecule has 0 radical (unpaired) electrons. The summed E-state index contributed by atoms with van der Waals surface area (Å²) in [4.78, 5) is 18.0. The monoisotopic (exact) mass is 326 g/mol. The van der Waals surface area contributed by atoms with Gasteiger partial charge in [-0.05, 0) is 43.2 Å². The first kappa shape index (κ1) is 15.9. The van der Waals surface area contributed by atoms with Crippen LogP contribution in [0.3, 0.4) is 0 Å². The Balaban J connectivity index is 1.58. The van der Waals surface area contributed by atoms with E-state index < -0.39 is 0 Å². The number of fused-ring (bicyclic) bond motifs is 1. The topological polar surface area (TPSA) is 45.3 Å². The molecule has 2 aromatic rings. The second-order valence-electron chi connectivity index (χ2n) is 7.21. The summed E-state index contributed by atoms with van der Waals surface area (Å²) in [6.07, 6.45) is 7.76. The Morgan fingerprint density at radius 1 is 1.12 bits per heavy atom. The quantitative estimate of drug-likeness (QED) is 0.915. The molecule has 4 nitrogen and oxygen atoms in total. The fraction of sp³-hybridized carbons (Fsp3) is 0.550. The SMILES string of the molecule is O=c1[nH]c2ccccc2cc1CN(CC1CCCO1)C1CCCC1. The number of aromatic amines is 1. The minimum absolute atomic E-state index is 0.0454. The fourth-order valence-corrected chi connectivity index (χ4v) is 4.19. The maximum absolute atomic E-state index is 12.5. The molecule has 1 aromatic heterocycles. The number of para-hydroxylation sites is 1. The third-order valence-electron chi connectivity index (χ3n) is 5.51. The molecule has 1 atom stereocenters. The summed E-state index contributed by atoms with van der Waals surface area (Å²) >= 11 is 0. The molecule has 2 aliphatic rings. The molecule has 1 unspecified atom stereocenters. The van der Waals surface area contributed by atoms with Crippen LogP contribution in [0.4, 0.5) is 0 Å². The van der Waals surface area contributed by atoms with E-state index in [-0.39, 0.29) is 5.56 Å². The zero-order chi connectivity index (χ0) is 16.4. The lowest BCUT2D eigenvalue weighted by atomic mass is 10.1. The first-order valence-electron chi connectivity index (χ1n) is 9.26. The van der Waals surface area contributed by atoms with Gasteiger partial charge < -0.3 is 9.72 Å². The van der Waals surface area contributed by atoms with Crippen LogP contribution >= 0.6 is 0 Å². The zero-order valence-corrected chi connectivity index (χ0v) is 14.2. The molecular weight excluding hydrogens is 300 g/mol. The van der Waals surface area contributed by atoms with Gasteiger partial charge in [-0.25, -0.2) is 0 Å². The predicted molar refractivity (Wildman–Crippen MR) is 96.2 cm³/mol. The van der Waals surface area contributed by atoms with Gasteiger partial charge in [0.1, 0.15) is 0 Å². The van der Waals surface area contributed by atoms with Crippen LogP contribution in [0.2, 0.25) is 0 Å². The number of rotatable bonds is 5. The summed E-state index contributed by atoms with van der Waals surface area (Å²) in [6, 6.07) is 10.7. The van der Waals surface area contributed by atoms with Gasteiger partial charge in [-0.1, -0.05) is 31.0 Å². The Morgan fingerprint density at radius 2 is 1.96 bits per heavy atom. The molecule has 1 aliphatic heterocycles. The van der Waals surface area contributed by atoms with Crippen molar-refractivity contribution in [1.82, 2.24) is 9.88 Å². The number of pyridine rings is 1. The standard InChI is InChI=1S/C20H26N2O2/c23-20-16(12-15-6-1-4-10-19(15)21-20)13-22(17-7-2-3-8-17)14-18-9-5-11-24-18/h1,4,6,10,12,17-18H,2-3,5,7-9,11,13-14H2,(H,21,23). The number of benzene rings is 1. The van der Waals surface area contributed by atoms with Crippen molar-refractivity contribution in [2.24, 2.45) is 0 Å². The van der Waals surface area contributed by atoms with Crippen LogP contribution in [-0.2, 0) is 11.3 Å². The summed E-state index contributed by atoms with van der Waals surface area (Å²) in [6.45, 7) is 2.57. The van der Waals surface area contributed by atoms with Crippen molar-refractivity contribution in [1.29, 1.82) is 0 Å². The van der Waals surface area contributed by atoms with Gasteiger partial charge in [0.2, 0.25) is 0 Å². The first-order chi connectivity index (χ1) is 11.8. The smallest absolute Gasteiger partial charge is 0.252 e. The lowest BCUT2D eigenvalue weighted by Crippen LogP contribution is -2.39. The van der Waals surface area contributed by atoms with Crippen molar-refractivity contribution in [3.05, 3.63) is 46.2 Å². The maximum atomic E-state index is 12.5. The van der Waals surface area contributed by atoms with E-state index in [2.05, 4.69) is 22.0 Å². The lowest BCUT2D eigenvalue weighted by Gasteiger charge is -2.30. The van der Waals surface area contributed by atoms with Crippen LogP contribution in [-0.4, -0.2) is 35.2 Å². The van der Waals surface area contributed by atoms with Crippen LogP contribution in [0.25, 0.3) is 10.9 Å². The normalized spacial score (nSPS) is 22.0. The molecule has 0 amide bonds. The molecule has 1 saturated carbocycles. The number of hydrogen-bond acceptors (Lipinski definition) is 3. The molecule has 2 fully saturated rings. The summed E-state index contributed by atoms with van der Waals surface area (Å²) in [5.41, 5.74) is 1.83. The van der Waals surface area contributed by atoms with Gasteiger partial charge in [-0.15, -0.1) is 0 Å². The summed E-state index contributed by atoms with van der Waals surface area (Å²) < 4.78 is 5.85. The minimum atomic E-state index is 0.0454. The average molecular weight is 326 g/mol. The van der Waals surface area contributed by atoms with E-state index in [0.717, 1.165) is 42.6 Å². The van der Waals surface area contributed by atoms with Crippen molar-refractivity contribution >= 4 is 10.9 Å². The molecule has 4 heteroatoms. The average Bonchev–Trinajstić information content (AvgIpc) is 3.28. The highest BCUT2D eigenvalue weighted by atomic mass is 16.5. The zero-order valence-electron chi connectivity index (χ0n) is 14.2. The summed E-state index contributed by atoms with van der Waals surface area (Å²) in [5.74, 6) is 0. The Hall–Kier alpha value is -1.65. The largest absolute Gasteiger partial charge is 0.377 e. The van der Waals surface area contributed by atoms with E-state index >= 15 is 0 Å². The molecule has 24 heavy (non-hydrogen) atoms. The van der Waals surface area contributed by atoms with Crippen LogP contribution in [0.5, 0.6) is 0 Å². The molecule has 128 valence electrons. The van der Waals surface area contributed by atoms with Crippen molar-refractivity contribution in [2.45, 2.75) is 57.2 Å². The van der Waals surface area contributed by atoms with Crippen LogP contribution in [0.1, 0.15) is 44.1 Å². The van der Waals surface area contributed by atoms with E-state index in [4.69, 9.17) is 4.74 Å². The Bertz CT molecular complexity index is 743. The second kappa shape index (κ2) is 7.08. The number of nitrogens with one attached hydrogen (secondary N) is 1. The Morgan fingerprint density at radius 3 is 2.75 bits per heavy atom. The summed E-state index contributed by atoms with van der Waals surface area (Å²) in [7, 11) is 0. The molecular formula is C20H26N2O2. The molecule has 1 N–H and O–H groups in total. The molecule has 1 saturated heterocycles. The van der Waals surface area contributed by atoms with E-state index in [0.29, 0.717) is 12.1 Å². The second-order valence-corrected chi connectivity index (χ2v) is 7.21. The van der Waals surface area contributed by atoms with Gasteiger partial charge in [0, 0.05) is 36.8 Å². The van der Waals surface area contributed by atoms with E-state index in [9.17, 15) is 4.79 Å². The fourth-order valence-electron chi connectivity index (χ4n) is 4.19. The lowest BCUT2D eigenvalue weighted by molar-refractivity contribution is 0.0540. The van der Waals surface area contributed by atoms with Crippen LogP contribution in [0.15, 0.2) is 35.1 Å². The molecule has 2 heterocycles. The summed E-state index contributed by atoms with van der Waals surface area (Å²) in [5, 5.41) is 1.11. The predicted octanol–water partition coefficient (Wildman–Crippen LogP) is 3.45. The first-order valence-corrected chi connectivity index (χ1v) is 9.26. The van der Waals surface area contributed by atoms with Crippen molar-refractivity contribution < 1.29 is 4.74 Å². The molecule has 4 rings (SSSR count). The van der Waals surface area contributed by atoms with Crippen molar-refractivity contribution in [3.8, 4) is 0 Å². The Kier molecular flexibility index (Phi) is 4.67. The molecule has 1 aromatic carbocycles. The van der Waals surface area contributed by atoms with Crippen LogP contribution in [0, 0.1) is 0 Å². The maximum Gasteiger partial charge on any atom is 0.252 e. The van der Waals surface area contributed by atoms with Gasteiger partial charge >= 0.3 is 0 Å². The van der Waals surface area contributed by atoms with E-state index in [1.807, 2.05) is 18.2 Å². The van der Waals surface area contributed by atoms with Gasteiger partial charge in [-0.3, -0.25) is 9.69 Å². The molecule has 0 bridgehead atoms. The van der Waals surface area contributed by atoms with Crippen molar-refractivity contribution in [3.63, 3.8) is 0 Å². The van der Waals surface area contributed by atoms with E-state index in [1.54, 1.807) is 0 Å². The van der Waals surface area contributed by atoms with Crippen LogP contribution < -0.4 is 5.56 Å². The number of hydrogen-bond donors (Lipinski definition) is 1. The third-order valence-corrected chi connectivity index (χ3v) is 5.51. The van der Waals surface area contributed by atoms with Gasteiger partial charge in [0.25, 0.3) is 5.56 Å². The Labute approximate surface area is 142 Å². The van der Waals surface area contributed by atoms with Crippen molar-refractivity contribution in [2.75, 3.05) is 13.2 Å². The minimum Gasteiger partial charge on any atom is -0.377 e. The highest BCUT2D eigenvalue weighted by Crippen LogP contribution is 2.26. The number of aromatic nitrogens is 1. The number of H-pyrrole nitrogens is 1. The highest BCUT2D eigenvalue weighted by molar-refractivity contribution is 5.78. The molecule has 1 aliphatic carbocycles.